The van der Waals surface area contributed by atoms with Crippen molar-refractivity contribution in [2.45, 2.75) is 0 Å². The molecule has 7 nitrogen and oxygen atoms in total. The standard InChI is InChI=1S/C23H17F2NO6/c1-30-22(28)15-9-8-14(12-16(15)23(29)31-2)32-20-6-4-3-5-19(20)26-21(27)17-11-13(24)7-10-18(17)25/h3-12H,1-2H3,(H,26,27). The molecule has 164 valence electrons. The molecule has 3 rings (SSSR count). The lowest BCUT2D eigenvalue weighted by molar-refractivity contribution is 0.0555. The van der Waals surface area contributed by atoms with Crippen LogP contribution in [-0.4, -0.2) is 32.1 Å². The second kappa shape index (κ2) is 9.69. The third-order valence-electron chi connectivity index (χ3n) is 4.34. The average molecular weight is 441 g/mol. The number of nitrogens with one attached hydrogen (secondary N) is 1. The number of anilines is 1. The molecule has 1 N–H and O–H groups in total. The van der Waals surface area contributed by atoms with Crippen LogP contribution in [0.15, 0.2) is 60.7 Å². The quantitative estimate of drug-likeness (QED) is 0.563. The van der Waals surface area contributed by atoms with E-state index in [9.17, 15) is 23.2 Å². The third-order valence-corrected chi connectivity index (χ3v) is 4.34. The monoisotopic (exact) mass is 441 g/mol. The molecule has 0 heterocycles. The molecule has 0 radical (unpaired) electrons. The van der Waals surface area contributed by atoms with Gasteiger partial charge in [-0.3, -0.25) is 4.79 Å². The van der Waals surface area contributed by atoms with Gasteiger partial charge >= 0.3 is 11.9 Å². The van der Waals surface area contributed by atoms with Crippen molar-refractivity contribution in [1.29, 1.82) is 0 Å². The number of benzene rings is 3. The van der Waals surface area contributed by atoms with Crippen molar-refractivity contribution in [3.05, 3.63) is 89.0 Å². The number of hydrogen-bond donors (Lipinski definition) is 1. The first-order valence-electron chi connectivity index (χ1n) is 9.18. The Morgan fingerprint density at radius 2 is 1.47 bits per heavy atom. The molecule has 0 bridgehead atoms. The Morgan fingerprint density at radius 3 is 2.19 bits per heavy atom. The van der Waals surface area contributed by atoms with Gasteiger partial charge in [0.15, 0.2) is 5.75 Å². The molecule has 32 heavy (non-hydrogen) atoms. The topological polar surface area (TPSA) is 90.9 Å². The van der Waals surface area contributed by atoms with E-state index in [-0.39, 0.29) is 28.3 Å². The van der Waals surface area contributed by atoms with Crippen LogP contribution < -0.4 is 10.1 Å². The lowest BCUT2D eigenvalue weighted by Crippen LogP contribution is -2.15. The third kappa shape index (κ3) is 4.89. The van der Waals surface area contributed by atoms with Crippen molar-refractivity contribution < 1.29 is 37.4 Å². The molecule has 0 aliphatic rings. The summed E-state index contributed by atoms with van der Waals surface area (Å²) in [5.41, 5.74) is -0.414. The summed E-state index contributed by atoms with van der Waals surface area (Å²) in [4.78, 5) is 36.4. The van der Waals surface area contributed by atoms with Gasteiger partial charge in [0.2, 0.25) is 0 Å². The summed E-state index contributed by atoms with van der Waals surface area (Å²) in [7, 11) is 2.33. The summed E-state index contributed by atoms with van der Waals surface area (Å²) in [6, 6.07) is 12.8. The van der Waals surface area contributed by atoms with Crippen LogP contribution in [0.25, 0.3) is 0 Å². The van der Waals surface area contributed by atoms with Crippen molar-refractivity contribution in [1.82, 2.24) is 0 Å². The highest BCUT2D eigenvalue weighted by atomic mass is 19.1. The van der Waals surface area contributed by atoms with Crippen molar-refractivity contribution >= 4 is 23.5 Å². The Labute approximate surface area is 181 Å². The molecule has 0 aliphatic carbocycles. The van der Waals surface area contributed by atoms with Gasteiger partial charge in [-0.2, -0.15) is 0 Å². The highest BCUT2D eigenvalue weighted by molar-refractivity contribution is 6.05. The van der Waals surface area contributed by atoms with Gasteiger partial charge in [-0.1, -0.05) is 12.1 Å². The van der Waals surface area contributed by atoms with Crippen LogP contribution in [0.2, 0.25) is 0 Å². The van der Waals surface area contributed by atoms with E-state index in [0.717, 1.165) is 25.3 Å². The molecule has 3 aromatic carbocycles. The molecule has 0 saturated carbocycles. The molecule has 0 atom stereocenters. The maximum atomic E-state index is 13.9. The minimum Gasteiger partial charge on any atom is -0.465 e. The van der Waals surface area contributed by atoms with Crippen molar-refractivity contribution in [2.75, 3.05) is 19.5 Å². The lowest BCUT2D eigenvalue weighted by atomic mass is 10.1. The fraction of sp³-hybridized carbons (Fsp3) is 0.0870. The van der Waals surface area contributed by atoms with Gasteiger partial charge in [-0.15, -0.1) is 0 Å². The molecular formula is C23H17F2NO6. The number of amides is 1. The number of halogens is 2. The number of methoxy groups -OCH3 is 2. The van der Waals surface area contributed by atoms with Crippen molar-refractivity contribution in [2.24, 2.45) is 0 Å². The summed E-state index contributed by atoms with van der Waals surface area (Å²) in [5, 5.41) is 2.47. The van der Waals surface area contributed by atoms with E-state index in [1.807, 2.05) is 0 Å². The number of esters is 2. The summed E-state index contributed by atoms with van der Waals surface area (Å²) in [6.45, 7) is 0. The van der Waals surface area contributed by atoms with E-state index < -0.39 is 35.0 Å². The first-order valence-corrected chi connectivity index (χ1v) is 9.18. The van der Waals surface area contributed by atoms with Gasteiger partial charge in [-0.25, -0.2) is 18.4 Å². The number of ether oxygens (including phenoxy) is 3. The summed E-state index contributed by atoms with van der Waals surface area (Å²) in [5.74, 6) is -3.74. The Kier molecular flexibility index (Phi) is 6.79. The fourth-order valence-electron chi connectivity index (χ4n) is 2.80. The van der Waals surface area contributed by atoms with E-state index in [2.05, 4.69) is 10.1 Å². The maximum absolute atomic E-state index is 13.9. The summed E-state index contributed by atoms with van der Waals surface area (Å²) in [6.07, 6.45) is 0. The van der Waals surface area contributed by atoms with Crippen LogP contribution in [0.3, 0.4) is 0 Å². The second-order valence-corrected chi connectivity index (χ2v) is 6.37. The van der Waals surface area contributed by atoms with Gasteiger partial charge in [0, 0.05) is 0 Å². The molecule has 0 unspecified atom stereocenters. The minimum absolute atomic E-state index is 0.0186. The molecular weight excluding hydrogens is 424 g/mol. The van der Waals surface area contributed by atoms with E-state index in [1.165, 1.54) is 37.4 Å². The number of hydrogen-bond acceptors (Lipinski definition) is 6. The average Bonchev–Trinajstić information content (AvgIpc) is 2.80. The largest absolute Gasteiger partial charge is 0.465 e. The predicted octanol–water partition coefficient (Wildman–Crippen LogP) is 4.58. The number of rotatable bonds is 6. The van der Waals surface area contributed by atoms with Crippen LogP contribution in [0.4, 0.5) is 14.5 Å². The number of carbonyl (C=O) groups is 3. The Balaban J connectivity index is 1.91. The maximum Gasteiger partial charge on any atom is 0.338 e. The van der Waals surface area contributed by atoms with Gasteiger partial charge in [0.1, 0.15) is 17.4 Å². The zero-order valence-corrected chi connectivity index (χ0v) is 17.0. The Bertz CT molecular complexity index is 1190. The summed E-state index contributed by atoms with van der Waals surface area (Å²) >= 11 is 0. The fourth-order valence-corrected chi connectivity index (χ4v) is 2.80. The first-order chi connectivity index (χ1) is 15.3. The molecule has 0 spiro atoms. The van der Waals surface area contributed by atoms with Crippen molar-refractivity contribution in [3.8, 4) is 11.5 Å². The lowest BCUT2D eigenvalue weighted by Gasteiger charge is -2.14. The molecule has 3 aromatic rings. The van der Waals surface area contributed by atoms with E-state index >= 15 is 0 Å². The molecule has 0 fully saturated rings. The van der Waals surface area contributed by atoms with Crippen LogP contribution in [-0.2, 0) is 9.47 Å². The molecule has 0 aromatic heterocycles. The zero-order chi connectivity index (χ0) is 23.3. The van der Waals surface area contributed by atoms with Crippen LogP contribution in [0.5, 0.6) is 11.5 Å². The van der Waals surface area contributed by atoms with Gasteiger partial charge in [0.05, 0.1) is 36.6 Å². The van der Waals surface area contributed by atoms with E-state index in [0.29, 0.717) is 0 Å². The Morgan fingerprint density at radius 1 is 0.781 bits per heavy atom. The van der Waals surface area contributed by atoms with Crippen LogP contribution >= 0.6 is 0 Å². The van der Waals surface area contributed by atoms with Crippen LogP contribution in [0, 0.1) is 11.6 Å². The number of carbonyl (C=O) groups excluding carboxylic acids is 3. The van der Waals surface area contributed by atoms with Crippen LogP contribution in [0.1, 0.15) is 31.1 Å². The van der Waals surface area contributed by atoms with E-state index in [1.54, 1.807) is 12.1 Å². The van der Waals surface area contributed by atoms with Gasteiger partial charge < -0.3 is 19.5 Å². The summed E-state index contributed by atoms with van der Waals surface area (Å²) < 4.78 is 42.5. The highest BCUT2D eigenvalue weighted by Gasteiger charge is 2.20. The normalized spacial score (nSPS) is 10.2. The number of para-hydroxylation sites is 2. The SMILES string of the molecule is COC(=O)c1ccc(Oc2ccccc2NC(=O)c2cc(F)ccc2F)cc1C(=O)OC. The van der Waals surface area contributed by atoms with Gasteiger partial charge in [0.25, 0.3) is 5.91 Å². The Hall–Kier alpha value is -4.27. The molecule has 0 aliphatic heterocycles. The first kappa shape index (κ1) is 22.4. The molecule has 9 heteroatoms. The smallest absolute Gasteiger partial charge is 0.338 e. The second-order valence-electron chi connectivity index (χ2n) is 6.37. The molecule has 0 saturated heterocycles. The zero-order valence-electron chi connectivity index (χ0n) is 17.0. The van der Waals surface area contributed by atoms with Gasteiger partial charge in [-0.05, 0) is 48.5 Å². The highest BCUT2D eigenvalue weighted by Crippen LogP contribution is 2.31. The molecule has 1 amide bonds. The van der Waals surface area contributed by atoms with E-state index in [4.69, 9.17) is 9.47 Å². The predicted molar refractivity (Wildman–Crippen MR) is 110 cm³/mol. The van der Waals surface area contributed by atoms with Crippen molar-refractivity contribution in [3.63, 3.8) is 0 Å². The minimum atomic E-state index is -0.886.